The van der Waals surface area contributed by atoms with Crippen LogP contribution in [0.25, 0.3) is 15.8 Å². The fraction of sp³-hybridized carbons (Fsp3) is 0.250. The minimum Gasteiger partial charge on any atom is -0.315 e. The van der Waals surface area contributed by atoms with Crippen molar-refractivity contribution in [3.63, 3.8) is 0 Å². The van der Waals surface area contributed by atoms with Gasteiger partial charge in [0.05, 0.1) is 53.8 Å². The number of aryl methyl sites for hydroxylation is 2. The molecule has 3 aromatic rings. The number of hydrogen-bond acceptors (Lipinski definition) is 7. The number of carbonyl (C=O) groups excluding carboxylic acids is 2. The maximum Gasteiger partial charge on any atom is 0.332 e. The van der Waals surface area contributed by atoms with Crippen LogP contribution in [0.2, 0.25) is 0 Å². The predicted octanol–water partition coefficient (Wildman–Crippen LogP) is 3.36. The van der Waals surface area contributed by atoms with E-state index in [9.17, 15) is 20.1 Å². The van der Waals surface area contributed by atoms with Crippen LogP contribution in [0.1, 0.15) is 23.1 Å². The summed E-state index contributed by atoms with van der Waals surface area (Å²) in [7, 11) is 1.74. The molecule has 0 N–H and O–H groups in total. The molecular formula is C24H19N7O2S. The summed E-state index contributed by atoms with van der Waals surface area (Å²) in [6, 6.07) is 8.83. The van der Waals surface area contributed by atoms with Crippen molar-refractivity contribution in [3.8, 4) is 12.1 Å². The lowest BCUT2D eigenvalue weighted by atomic mass is 10.0. The van der Waals surface area contributed by atoms with Crippen molar-refractivity contribution in [2.45, 2.75) is 24.6 Å². The third-order valence-electron chi connectivity index (χ3n) is 6.03. The van der Waals surface area contributed by atoms with Gasteiger partial charge in [0.2, 0.25) is 0 Å². The Kier molecular flexibility index (Phi) is 5.31. The quantitative estimate of drug-likeness (QED) is 0.575. The molecule has 2 aromatic heterocycles. The van der Waals surface area contributed by atoms with Gasteiger partial charge >= 0.3 is 6.03 Å². The first-order valence-corrected chi connectivity index (χ1v) is 11.5. The summed E-state index contributed by atoms with van der Waals surface area (Å²) in [5.74, 6) is -0.360. The number of fused-ring (bicyclic) bond motifs is 2. The Morgan fingerprint density at radius 2 is 2.00 bits per heavy atom. The lowest BCUT2D eigenvalue weighted by Crippen LogP contribution is -2.62. The summed E-state index contributed by atoms with van der Waals surface area (Å²) in [6.45, 7) is 2.12. The van der Waals surface area contributed by atoms with Crippen LogP contribution in [0.5, 0.6) is 0 Å². The monoisotopic (exact) mass is 469 g/mol. The first kappa shape index (κ1) is 21.7. The van der Waals surface area contributed by atoms with E-state index in [1.165, 1.54) is 18.0 Å². The van der Waals surface area contributed by atoms with E-state index >= 15 is 0 Å². The van der Waals surface area contributed by atoms with Crippen LogP contribution in [0, 0.1) is 29.6 Å². The van der Waals surface area contributed by atoms with Crippen LogP contribution in [0.3, 0.4) is 0 Å². The van der Waals surface area contributed by atoms with Crippen molar-refractivity contribution in [3.05, 3.63) is 59.6 Å². The summed E-state index contributed by atoms with van der Waals surface area (Å²) >= 11 is 1.34. The lowest BCUT2D eigenvalue weighted by molar-refractivity contribution is -0.119. The molecule has 0 aliphatic carbocycles. The number of hydrogen-bond donors (Lipinski definition) is 0. The minimum absolute atomic E-state index is 0.132. The predicted molar refractivity (Wildman–Crippen MR) is 127 cm³/mol. The highest BCUT2D eigenvalue weighted by Gasteiger charge is 2.50. The van der Waals surface area contributed by atoms with Crippen molar-refractivity contribution in [2.24, 2.45) is 7.05 Å². The van der Waals surface area contributed by atoms with Gasteiger partial charge in [-0.2, -0.15) is 15.6 Å². The first-order valence-electron chi connectivity index (χ1n) is 10.6. The average Bonchev–Trinajstić information content (AvgIpc) is 3.44. The lowest BCUT2D eigenvalue weighted by Gasteiger charge is -2.40. The molecule has 0 radical (unpaired) electrons. The van der Waals surface area contributed by atoms with Crippen molar-refractivity contribution in [1.82, 2.24) is 19.7 Å². The Labute approximate surface area is 199 Å². The van der Waals surface area contributed by atoms with E-state index in [4.69, 9.17) is 0 Å². The standard InChI is InChI=1S/C24H19N7O2S/c1-14-4-5-15(10-26)17(8-14)20-9-18-22(34-20)23(32)31(24(33)30(18)7-3-6-25)19-13-27-11-16-12-28-29(2)21(16)19/h4-5,8-9,11-13,18,22H,3,7H2,1-2H3. The Morgan fingerprint density at radius 1 is 1.18 bits per heavy atom. The van der Waals surface area contributed by atoms with Crippen molar-refractivity contribution in [2.75, 3.05) is 11.4 Å². The number of rotatable bonds is 4. The van der Waals surface area contributed by atoms with Gasteiger partial charge in [0.25, 0.3) is 5.91 Å². The number of benzene rings is 1. The van der Waals surface area contributed by atoms with Crippen LogP contribution in [0.15, 0.2) is 42.9 Å². The van der Waals surface area contributed by atoms with Crippen LogP contribution >= 0.6 is 11.8 Å². The molecule has 1 fully saturated rings. The molecular weight excluding hydrogens is 450 g/mol. The fourth-order valence-corrected chi connectivity index (χ4v) is 5.80. The highest BCUT2D eigenvalue weighted by atomic mass is 32.2. The van der Waals surface area contributed by atoms with E-state index < -0.39 is 17.3 Å². The first-order chi connectivity index (χ1) is 16.4. The van der Waals surface area contributed by atoms with Gasteiger partial charge in [-0.1, -0.05) is 11.6 Å². The van der Waals surface area contributed by atoms with Crippen LogP contribution < -0.4 is 4.90 Å². The topological polar surface area (TPSA) is 119 Å². The van der Waals surface area contributed by atoms with E-state index in [2.05, 4.69) is 22.2 Å². The Bertz CT molecular complexity index is 1460. The number of urea groups is 1. The maximum absolute atomic E-state index is 13.7. The molecule has 1 saturated heterocycles. The third-order valence-corrected chi connectivity index (χ3v) is 7.38. The normalized spacial score (nSPS) is 19.7. The number of anilines is 1. The molecule has 2 aliphatic heterocycles. The van der Waals surface area contributed by atoms with Crippen LogP contribution in [-0.2, 0) is 11.8 Å². The average molecular weight is 470 g/mol. The zero-order chi connectivity index (χ0) is 24.0. The maximum atomic E-state index is 13.7. The second-order valence-electron chi connectivity index (χ2n) is 8.14. The number of amides is 3. The highest BCUT2D eigenvalue weighted by molar-refractivity contribution is 8.09. The number of nitrogens with zero attached hydrogens (tertiary/aromatic N) is 7. The zero-order valence-corrected chi connectivity index (χ0v) is 19.3. The molecule has 5 rings (SSSR count). The molecule has 1 aromatic carbocycles. The summed E-state index contributed by atoms with van der Waals surface area (Å²) in [5, 5.41) is 23.1. The number of pyridine rings is 1. The van der Waals surface area contributed by atoms with Crippen molar-refractivity contribution < 1.29 is 9.59 Å². The number of imide groups is 1. The number of carbonyl (C=O) groups is 2. The SMILES string of the molecule is Cc1ccc(C#N)c(C2=CC3C(S2)C(=O)N(c2cncc4cnn(C)c24)C(=O)N3CCC#N)c1. The Balaban J connectivity index is 1.61. The Morgan fingerprint density at radius 3 is 2.76 bits per heavy atom. The number of thioether (sulfide) groups is 1. The summed E-state index contributed by atoms with van der Waals surface area (Å²) in [4.78, 5) is 35.1. The largest absolute Gasteiger partial charge is 0.332 e. The van der Waals surface area contributed by atoms with Gasteiger partial charge in [-0.05, 0) is 25.1 Å². The highest BCUT2D eigenvalue weighted by Crippen LogP contribution is 2.46. The van der Waals surface area contributed by atoms with Gasteiger partial charge < -0.3 is 4.90 Å². The van der Waals surface area contributed by atoms with Gasteiger partial charge in [0.1, 0.15) is 5.25 Å². The van der Waals surface area contributed by atoms with E-state index in [0.29, 0.717) is 22.2 Å². The molecule has 4 heterocycles. The zero-order valence-electron chi connectivity index (χ0n) is 18.5. The van der Waals surface area contributed by atoms with Gasteiger partial charge in [-0.3, -0.25) is 14.5 Å². The van der Waals surface area contributed by atoms with Gasteiger partial charge in [0, 0.05) is 35.6 Å². The van der Waals surface area contributed by atoms with Crippen LogP contribution in [-0.4, -0.2) is 49.4 Å². The summed E-state index contributed by atoms with van der Waals surface area (Å²) in [5.41, 5.74) is 3.22. The molecule has 2 aliphatic rings. The number of aromatic nitrogens is 3. The van der Waals surface area contributed by atoms with E-state index in [1.807, 2.05) is 25.1 Å². The molecule has 0 spiro atoms. The second kappa shape index (κ2) is 8.32. The van der Waals surface area contributed by atoms with E-state index in [1.54, 1.807) is 35.1 Å². The van der Waals surface area contributed by atoms with E-state index in [0.717, 1.165) is 20.9 Å². The molecule has 34 heavy (non-hydrogen) atoms. The molecule has 3 amide bonds. The van der Waals surface area contributed by atoms with Crippen molar-refractivity contribution in [1.29, 1.82) is 10.5 Å². The van der Waals surface area contributed by atoms with Gasteiger partial charge in [-0.15, -0.1) is 11.8 Å². The molecule has 0 saturated carbocycles. The summed E-state index contributed by atoms with van der Waals surface area (Å²) in [6.07, 6.45) is 6.76. The molecule has 2 atom stereocenters. The molecule has 2 unspecified atom stereocenters. The summed E-state index contributed by atoms with van der Waals surface area (Å²) < 4.78 is 1.61. The molecule has 10 heteroatoms. The van der Waals surface area contributed by atoms with E-state index in [-0.39, 0.29) is 18.9 Å². The number of nitriles is 2. The smallest absolute Gasteiger partial charge is 0.315 e. The third kappa shape index (κ3) is 3.31. The van der Waals surface area contributed by atoms with Gasteiger partial charge in [0.15, 0.2) is 0 Å². The van der Waals surface area contributed by atoms with Crippen LogP contribution in [0.4, 0.5) is 10.5 Å². The van der Waals surface area contributed by atoms with Gasteiger partial charge in [-0.25, -0.2) is 9.69 Å². The van der Waals surface area contributed by atoms with Crippen molar-refractivity contribution >= 4 is 45.2 Å². The molecule has 168 valence electrons. The minimum atomic E-state index is -0.609. The molecule has 9 nitrogen and oxygen atoms in total. The second-order valence-corrected chi connectivity index (χ2v) is 9.33. The Hall–Kier alpha value is -4.15. The molecule has 0 bridgehead atoms. The fourth-order valence-electron chi connectivity index (χ4n) is 4.44.